The van der Waals surface area contributed by atoms with Gasteiger partial charge in [-0.05, 0) is 24.3 Å². The number of aromatic nitrogens is 2. The third kappa shape index (κ3) is 3.68. The molecule has 20 heavy (non-hydrogen) atoms. The monoisotopic (exact) mass is 291 g/mol. The Labute approximate surface area is 124 Å². The maximum Gasteiger partial charge on any atom is 0.163 e. The second-order valence-electron chi connectivity index (χ2n) is 4.75. The molecular weight excluding hydrogens is 274 g/mol. The van der Waals surface area contributed by atoms with E-state index in [-0.39, 0.29) is 0 Å². The number of methoxy groups -OCH3 is 1. The van der Waals surface area contributed by atoms with Crippen LogP contribution in [0.1, 0.15) is 19.5 Å². The van der Waals surface area contributed by atoms with Gasteiger partial charge in [0.2, 0.25) is 0 Å². The Kier molecular flexibility index (Phi) is 4.93. The fraction of sp³-hybridized carbons (Fsp3) is 0.333. The summed E-state index contributed by atoms with van der Waals surface area (Å²) >= 11 is 5.97. The van der Waals surface area contributed by atoms with Crippen molar-refractivity contribution < 1.29 is 4.74 Å². The molecule has 2 aromatic rings. The van der Waals surface area contributed by atoms with Gasteiger partial charge in [0.15, 0.2) is 5.82 Å². The number of nitrogens with one attached hydrogen (secondary N) is 1. The number of halogens is 1. The van der Waals surface area contributed by atoms with Gasteiger partial charge in [0, 0.05) is 23.8 Å². The molecule has 4 nitrogen and oxygen atoms in total. The molecule has 1 N–H and O–H groups in total. The van der Waals surface area contributed by atoms with E-state index in [1.54, 1.807) is 19.4 Å². The van der Waals surface area contributed by atoms with Crippen molar-refractivity contribution in [1.82, 2.24) is 15.3 Å². The first-order chi connectivity index (χ1) is 9.60. The first-order valence-corrected chi connectivity index (χ1v) is 6.87. The molecular formula is C15H18ClN3O. The standard InChI is InChI=1S/C15H18ClN3O/c1-10(2)18-9-12-6-7-17-15(19-12)13-5-4-11(16)8-14(13)20-3/h4-8,10,18H,9H2,1-3H3. The zero-order chi connectivity index (χ0) is 14.5. The van der Waals surface area contributed by atoms with Crippen LogP contribution in [0.15, 0.2) is 30.5 Å². The number of hydrogen-bond acceptors (Lipinski definition) is 4. The van der Waals surface area contributed by atoms with E-state index in [0.717, 1.165) is 11.3 Å². The van der Waals surface area contributed by atoms with Crippen LogP contribution in [0.25, 0.3) is 11.4 Å². The zero-order valence-electron chi connectivity index (χ0n) is 11.9. The van der Waals surface area contributed by atoms with E-state index >= 15 is 0 Å². The van der Waals surface area contributed by atoms with Crippen LogP contribution in [-0.4, -0.2) is 23.1 Å². The van der Waals surface area contributed by atoms with Crippen molar-refractivity contribution >= 4 is 11.6 Å². The van der Waals surface area contributed by atoms with Crippen LogP contribution in [0, 0.1) is 0 Å². The number of ether oxygens (including phenoxy) is 1. The van der Waals surface area contributed by atoms with Crippen LogP contribution in [0.4, 0.5) is 0 Å². The average Bonchev–Trinajstić information content (AvgIpc) is 2.45. The highest BCUT2D eigenvalue weighted by Gasteiger charge is 2.10. The Balaban J connectivity index is 2.31. The van der Waals surface area contributed by atoms with Crippen LogP contribution in [0.2, 0.25) is 5.02 Å². The van der Waals surface area contributed by atoms with Gasteiger partial charge >= 0.3 is 0 Å². The average molecular weight is 292 g/mol. The van der Waals surface area contributed by atoms with Gasteiger partial charge in [-0.25, -0.2) is 9.97 Å². The van der Waals surface area contributed by atoms with Crippen molar-refractivity contribution in [2.75, 3.05) is 7.11 Å². The lowest BCUT2D eigenvalue weighted by molar-refractivity contribution is 0.416. The smallest absolute Gasteiger partial charge is 0.163 e. The topological polar surface area (TPSA) is 47.0 Å². The van der Waals surface area contributed by atoms with Crippen molar-refractivity contribution in [2.24, 2.45) is 0 Å². The van der Waals surface area contributed by atoms with Crippen molar-refractivity contribution in [2.45, 2.75) is 26.4 Å². The van der Waals surface area contributed by atoms with Crippen molar-refractivity contribution in [3.8, 4) is 17.1 Å². The quantitative estimate of drug-likeness (QED) is 0.918. The highest BCUT2D eigenvalue weighted by molar-refractivity contribution is 6.30. The lowest BCUT2D eigenvalue weighted by atomic mass is 10.2. The molecule has 0 saturated carbocycles. The van der Waals surface area contributed by atoms with Gasteiger partial charge in [0.25, 0.3) is 0 Å². The van der Waals surface area contributed by atoms with E-state index in [2.05, 4.69) is 29.1 Å². The van der Waals surface area contributed by atoms with Crippen molar-refractivity contribution in [1.29, 1.82) is 0 Å². The minimum Gasteiger partial charge on any atom is -0.496 e. The Bertz CT molecular complexity index is 587. The molecule has 5 heteroatoms. The number of benzene rings is 1. The molecule has 2 rings (SSSR count). The molecule has 1 aromatic carbocycles. The third-order valence-electron chi connectivity index (χ3n) is 2.81. The van der Waals surface area contributed by atoms with Crippen LogP contribution in [-0.2, 0) is 6.54 Å². The SMILES string of the molecule is COc1cc(Cl)ccc1-c1nccc(CNC(C)C)n1. The van der Waals surface area contributed by atoms with Crippen LogP contribution in [0.3, 0.4) is 0 Å². The van der Waals surface area contributed by atoms with Crippen LogP contribution >= 0.6 is 11.6 Å². The van der Waals surface area contributed by atoms with Crippen LogP contribution < -0.4 is 10.1 Å². The Morgan fingerprint density at radius 1 is 1.30 bits per heavy atom. The Hall–Kier alpha value is -1.65. The summed E-state index contributed by atoms with van der Waals surface area (Å²) in [5.41, 5.74) is 1.78. The molecule has 0 amide bonds. The van der Waals surface area contributed by atoms with E-state index in [1.807, 2.05) is 18.2 Å². The number of hydrogen-bond donors (Lipinski definition) is 1. The summed E-state index contributed by atoms with van der Waals surface area (Å²) in [6.45, 7) is 4.91. The van der Waals surface area contributed by atoms with Crippen molar-refractivity contribution in [3.05, 3.63) is 41.2 Å². The second kappa shape index (κ2) is 6.68. The highest BCUT2D eigenvalue weighted by Crippen LogP contribution is 2.30. The van der Waals surface area contributed by atoms with E-state index in [0.29, 0.717) is 29.2 Å². The van der Waals surface area contributed by atoms with Gasteiger partial charge in [-0.15, -0.1) is 0 Å². The molecule has 0 bridgehead atoms. The molecule has 0 radical (unpaired) electrons. The van der Waals surface area contributed by atoms with E-state index in [1.165, 1.54) is 0 Å². The highest BCUT2D eigenvalue weighted by atomic mass is 35.5. The fourth-order valence-electron chi connectivity index (χ4n) is 1.78. The molecule has 0 aliphatic rings. The normalized spacial score (nSPS) is 10.8. The lowest BCUT2D eigenvalue weighted by Gasteiger charge is -2.10. The van der Waals surface area contributed by atoms with Gasteiger partial charge in [0.1, 0.15) is 5.75 Å². The summed E-state index contributed by atoms with van der Waals surface area (Å²) in [6.07, 6.45) is 1.76. The van der Waals surface area contributed by atoms with Gasteiger partial charge in [-0.2, -0.15) is 0 Å². The summed E-state index contributed by atoms with van der Waals surface area (Å²) in [6, 6.07) is 7.76. The van der Waals surface area contributed by atoms with Gasteiger partial charge in [-0.3, -0.25) is 0 Å². The predicted molar refractivity (Wildman–Crippen MR) is 81.0 cm³/mol. The maximum atomic E-state index is 5.97. The van der Waals surface area contributed by atoms with Gasteiger partial charge < -0.3 is 10.1 Å². The first kappa shape index (κ1) is 14.8. The summed E-state index contributed by atoms with van der Waals surface area (Å²) in [4.78, 5) is 8.87. The summed E-state index contributed by atoms with van der Waals surface area (Å²) in [7, 11) is 1.61. The molecule has 0 fully saturated rings. The Morgan fingerprint density at radius 3 is 2.80 bits per heavy atom. The predicted octanol–water partition coefficient (Wildman–Crippen LogP) is 3.30. The number of rotatable bonds is 5. The van der Waals surface area contributed by atoms with E-state index in [9.17, 15) is 0 Å². The Morgan fingerprint density at radius 2 is 2.10 bits per heavy atom. The minimum atomic E-state index is 0.415. The molecule has 1 aromatic heterocycles. The van der Waals surface area contributed by atoms with Crippen LogP contribution in [0.5, 0.6) is 5.75 Å². The molecule has 0 spiro atoms. The third-order valence-corrected chi connectivity index (χ3v) is 3.04. The van der Waals surface area contributed by atoms with Crippen molar-refractivity contribution in [3.63, 3.8) is 0 Å². The number of nitrogens with zero attached hydrogens (tertiary/aromatic N) is 2. The molecule has 0 atom stereocenters. The summed E-state index contributed by atoms with van der Waals surface area (Å²) < 4.78 is 5.34. The van der Waals surface area contributed by atoms with E-state index < -0.39 is 0 Å². The summed E-state index contributed by atoms with van der Waals surface area (Å²) in [5, 5.41) is 3.96. The fourth-order valence-corrected chi connectivity index (χ4v) is 1.94. The zero-order valence-corrected chi connectivity index (χ0v) is 12.6. The van der Waals surface area contributed by atoms with E-state index in [4.69, 9.17) is 16.3 Å². The minimum absolute atomic E-state index is 0.415. The summed E-state index contributed by atoms with van der Waals surface area (Å²) in [5.74, 6) is 1.31. The molecule has 0 aliphatic heterocycles. The van der Waals surface area contributed by atoms with Gasteiger partial charge in [0.05, 0.1) is 18.4 Å². The van der Waals surface area contributed by atoms with Gasteiger partial charge in [-0.1, -0.05) is 25.4 Å². The molecule has 0 saturated heterocycles. The maximum absolute atomic E-state index is 5.97. The molecule has 0 aliphatic carbocycles. The first-order valence-electron chi connectivity index (χ1n) is 6.49. The lowest BCUT2D eigenvalue weighted by Crippen LogP contribution is -2.22. The second-order valence-corrected chi connectivity index (χ2v) is 5.19. The molecule has 106 valence electrons. The molecule has 1 heterocycles. The molecule has 0 unspecified atom stereocenters. The largest absolute Gasteiger partial charge is 0.496 e.